The number of hydrazone groups is 1. The summed E-state index contributed by atoms with van der Waals surface area (Å²) >= 11 is 11.9. The summed E-state index contributed by atoms with van der Waals surface area (Å²) in [4.78, 5) is 35.5. The van der Waals surface area contributed by atoms with Crippen LogP contribution in [0.3, 0.4) is 0 Å². The van der Waals surface area contributed by atoms with E-state index in [1.807, 2.05) is 0 Å². The molecule has 9 nitrogen and oxygen atoms in total. The maximum Gasteiger partial charge on any atom is 0.329 e. The summed E-state index contributed by atoms with van der Waals surface area (Å²) in [6.07, 6.45) is 1.35. The molecule has 0 aliphatic carbocycles. The van der Waals surface area contributed by atoms with Crippen LogP contribution in [-0.2, 0) is 14.4 Å². The number of nitrogens with zero attached hydrogens (tertiary/aromatic N) is 1. The Bertz CT molecular complexity index is 1020. The van der Waals surface area contributed by atoms with Crippen molar-refractivity contribution < 1.29 is 23.9 Å². The van der Waals surface area contributed by atoms with Gasteiger partial charge in [0.1, 0.15) is 0 Å². The Morgan fingerprint density at radius 3 is 2.33 bits per heavy atom. The zero-order valence-corrected chi connectivity index (χ0v) is 19.8. The van der Waals surface area contributed by atoms with Gasteiger partial charge in [-0.3, -0.25) is 14.4 Å². The van der Waals surface area contributed by atoms with Gasteiger partial charge in [0, 0.05) is 21.8 Å². The standard InChI is InChI=1S/C22H24Cl2N4O5/c1-4-32-19-7-14(11-25-28-22(31)21(30)26-13(2)3)5-6-18(19)33-12-20(29)27-17-9-15(23)8-16(24)10-17/h5-11,13H,4,12H2,1-3H3,(H,26,30)(H,27,29)(H,28,31)/b25-11-. The summed E-state index contributed by atoms with van der Waals surface area (Å²) < 4.78 is 11.1. The average Bonchev–Trinajstić information content (AvgIpc) is 2.72. The Kier molecular flexibility index (Phi) is 9.96. The number of nitrogens with one attached hydrogen (secondary N) is 3. The van der Waals surface area contributed by atoms with Crippen molar-refractivity contribution in [1.29, 1.82) is 0 Å². The molecule has 0 radical (unpaired) electrons. The van der Waals surface area contributed by atoms with Crippen LogP contribution in [0.1, 0.15) is 26.3 Å². The SMILES string of the molecule is CCOc1cc(/C=N\NC(=O)C(=O)NC(C)C)ccc1OCC(=O)Nc1cc(Cl)cc(Cl)c1. The molecule has 0 aliphatic heterocycles. The molecule has 0 aliphatic rings. The molecule has 0 spiro atoms. The van der Waals surface area contributed by atoms with E-state index in [-0.39, 0.29) is 12.6 Å². The van der Waals surface area contributed by atoms with Gasteiger partial charge >= 0.3 is 11.8 Å². The summed E-state index contributed by atoms with van der Waals surface area (Å²) in [5, 5.41) is 9.67. The van der Waals surface area contributed by atoms with Crippen LogP contribution in [0, 0.1) is 0 Å². The monoisotopic (exact) mass is 494 g/mol. The van der Waals surface area contributed by atoms with Crippen molar-refractivity contribution in [1.82, 2.24) is 10.7 Å². The minimum atomic E-state index is -0.878. The van der Waals surface area contributed by atoms with Crippen molar-refractivity contribution in [2.24, 2.45) is 5.10 Å². The molecule has 3 N–H and O–H groups in total. The first kappa shape index (κ1) is 26.0. The lowest BCUT2D eigenvalue weighted by atomic mass is 10.2. The number of amides is 3. The number of benzene rings is 2. The molecule has 0 aromatic heterocycles. The maximum absolute atomic E-state index is 12.2. The lowest BCUT2D eigenvalue weighted by molar-refractivity contribution is -0.139. The molecule has 0 fully saturated rings. The van der Waals surface area contributed by atoms with Gasteiger partial charge in [0.15, 0.2) is 18.1 Å². The van der Waals surface area contributed by atoms with Crippen molar-refractivity contribution in [2.75, 3.05) is 18.5 Å². The first-order valence-electron chi connectivity index (χ1n) is 9.97. The second-order valence-corrected chi connectivity index (χ2v) is 7.83. The summed E-state index contributed by atoms with van der Waals surface area (Å²) in [5.74, 6) is -1.35. The van der Waals surface area contributed by atoms with Crippen LogP contribution in [0.25, 0.3) is 0 Å². The molecule has 0 atom stereocenters. The minimum Gasteiger partial charge on any atom is -0.490 e. The molecule has 11 heteroatoms. The number of ether oxygens (including phenoxy) is 2. The van der Waals surface area contributed by atoms with Crippen LogP contribution in [-0.4, -0.2) is 43.2 Å². The third kappa shape index (κ3) is 8.99. The average molecular weight is 495 g/mol. The van der Waals surface area contributed by atoms with Crippen molar-refractivity contribution in [3.8, 4) is 11.5 Å². The Balaban J connectivity index is 1.98. The third-order valence-electron chi connectivity index (χ3n) is 3.78. The summed E-state index contributed by atoms with van der Waals surface area (Å²) in [5.41, 5.74) is 3.17. The van der Waals surface area contributed by atoms with Gasteiger partial charge in [-0.05, 0) is 62.7 Å². The zero-order chi connectivity index (χ0) is 24.4. The first-order valence-corrected chi connectivity index (χ1v) is 10.7. The molecule has 2 aromatic rings. The molecule has 176 valence electrons. The molecule has 2 rings (SSSR count). The van der Waals surface area contributed by atoms with Gasteiger partial charge in [0.2, 0.25) is 0 Å². The number of carbonyl (C=O) groups is 3. The third-order valence-corrected chi connectivity index (χ3v) is 4.21. The molecular weight excluding hydrogens is 471 g/mol. The fraction of sp³-hybridized carbons (Fsp3) is 0.273. The molecule has 33 heavy (non-hydrogen) atoms. The van der Waals surface area contributed by atoms with Crippen molar-refractivity contribution in [3.05, 3.63) is 52.0 Å². The lowest BCUT2D eigenvalue weighted by Gasteiger charge is -2.13. The summed E-state index contributed by atoms with van der Waals surface area (Å²) in [6.45, 7) is 5.36. The van der Waals surface area contributed by atoms with Crippen LogP contribution < -0.4 is 25.5 Å². The number of halogens is 2. The van der Waals surface area contributed by atoms with Crippen molar-refractivity contribution in [2.45, 2.75) is 26.8 Å². The fourth-order valence-corrected chi connectivity index (χ4v) is 3.03. The summed E-state index contributed by atoms with van der Waals surface area (Å²) in [7, 11) is 0. The molecule has 0 heterocycles. The largest absolute Gasteiger partial charge is 0.490 e. The topological polar surface area (TPSA) is 118 Å². The molecular formula is C22H24Cl2N4O5. The van der Waals surface area contributed by atoms with Crippen LogP contribution in [0.4, 0.5) is 5.69 Å². The highest BCUT2D eigenvalue weighted by atomic mass is 35.5. The molecule has 0 saturated heterocycles. The highest BCUT2D eigenvalue weighted by Crippen LogP contribution is 2.28. The van der Waals surface area contributed by atoms with Gasteiger partial charge in [0.05, 0.1) is 12.8 Å². The van der Waals surface area contributed by atoms with Gasteiger partial charge in [-0.15, -0.1) is 0 Å². The highest BCUT2D eigenvalue weighted by Gasteiger charge is 2.13. The van der Waals surface area contributed by atoms with Gasteiger partial charge in [-0.2, -0.15) is 5.10 Å². The second-order valence-electron chi connectivity index (χ2n) is 6.96. The minimum absolute atomic E-state index is 0.168. The maximum atomic E-state index is 12.2. The molecule has 3 amide bonds. The van der Waals surface area contributed by atoms with Crippen LogP contribution in [0.5, 0.6) is 11.5 Å². The van der Waals surface area contributed by atoms with E-state index < -0.39 is 17.7 Å². The van der Waals surface area contributed by atoms with Gasteiger partial charge in [-0.25, -0.2) is 5.43 Å². The Labute approximate surface area is 201 Å². The Morgan fingerprint density at radius 2 is 1.70 bits per heavy atom. The number of rotatable bonds is 9. The molecule has 2 aromatic carbocycles. The quantitative estimate of drug-likeness (QED) is 0.280. The smallest absolute Gasteiger partial charge is 0.329 e. The fourth-order valence-electron chi connectivity index (χ4n) is 2.50. The number of carbonyl (C=O) groups excluding carboxylic acids is 3. The highest BCUT2D eigenvalue weighted by molar-refractivity contribution is 6.35. The number of hydrogen-bond donors (Lipinski definition) is 3. The van der Waals surface area contributed by atoms with Crippen molar-refractivity contribution in [3.63, 3.8) is 0 Å². The predicted molar refractivity (Wildman–Crippen MR) is 127 cm³/mol. The second kappa shape index (κ2) is 12.7. The van der Waals surface area contributed by atoms with E-state index in [1.54, 1.807) is 57.2 Å². The summed E-state index contributed by atoms with van der Waals surface area (Å²) in [6, 6.07) is 9.39. The van der Waals surface area contributed by atoms with E-state index in [1.165, 1.54) is 6.21 Å². The zero-order valence-electron chi connectivity index (χ0n) is 18.3. The van der Waals surface area contributed by atoms with Crippen LogP contribution in [0.15, 0.2) is 41.5 Å². The Morgan fingerprint density at radius 1 is 1.00 bits per heavy atom. The molecule has 0 saturated carbocycles. The molecule has 0 bridgehead atoms. The van der Waals surface area contributed by atoms with Gasteiger partial charge < -0.3 is 20.1 Å². The van der Waals surface area contributed by atoms with E-state index in [9.17, 15) is 14.4 Å². The van der Waals surface area contributed by atoms with Crippen LogP contribution >= 0.6 is 23.2 Å². The van der Waals surface area contributed by atoms with E-state index in [0.29, 0.717) is 39.4 Å². The van der Waals surface area contributed by atoms with Gasteiger partial charge in [0.25, 0.3) is 5.91 Å². The number of hydrogen-bond acceptors (Lipinski definition) is 6. The van der Waals surface area contributed by atoms with E-state index in [2.05, 4.69) is 21.2 Å². The van der Waals surface area contributed by atoms with E-state index in [4.69, 9.17) is 32.7 Å². The van der Waals surface area contributed by atoms with E-state index >= 15 is 0 Å². The molecule has 0 unspecified atom stereocenters. The lowest BCUT2D eigenvalue weighted by Crippen LogP contribution is -2.41. The predicted octanol–water partition coefficient (Wildman–Crippen LogP) is 3.38. The normalized spacial score (nSPS) is 10.7. The Hall–Kier alpha value is -3.30. The van der Waals surface area contributed by atoms with E-state index in [0.717, 1.165) is 0 Å². The van der Waals surface area contributed by atoms with Crippen LogP contribution in [0.2, 0.25) is 10.0 Å². The first-order chi connectivity index (χ1) is 15.7. The number of anilines is 1. The van der Waals surface area contributed by atoms with Crippen molar-refractivity contribution >= 4 is 52.8 Å². The van der Waals surface area contributed by atoms with Gasteiger partial charge in [-0.1, -0.05) is 23.2 Å².